The van der Waals surface area contributed by atoms with Gasteiger partial charge in [-0.15, -0.1) is 0 Å². The van der Waals surface area contributed by atoms with Crippen LogP contribution in [0.15, 0.2) is 24.3 Å². The topological polar surface area (TPSA) is 80.7 Å². The first-order chi connectivity index (χ1) is 8.38. The Morgan fingerprint density at radius 2 is 2.11 bits per heavy atom. The number of para-hydroxylation sites is 1. The van der Waals surface area contributed by atoms with E-state index in [1.165, 1.54) is 0 Å². The van der Waals surface area contributed by atoms with Crippen LogP contribution in [0.1, 0.15) is 23.7 Å². The smallest absolute Gasteiger partial charge is 0.307 e. The fourth-order valence-corrected chi connectivity index (χ4v) is 3.39. The number of fused-ring (bicyclic) bond motifs is 1. The van der Waals surface area contributed by atoms with Crippen LogP contribution in [0.5, 0.6) is 5.75 Å². The maximum Gasteiger partial charge on any atom is 0.307 e. The van der Waals surface area contributed by atoms with Gasteiger partial charge in [-0.2, -0.15) is 0 Å². The largest absolute Gasteiger partial charge is 0.489 e. The molecule has 1 heterocycles. The molecule has 2 rings (SSSR count). The summed E-state index contributed by atoms with van der Waals surface area (Å²) in [7, 11) is -3.28. The van der Waals surface area contributed by atoms with Gasteiger partial charge in [0.15, 0.2) is 9.84 Å². The highest BCUT2D eigenvalue weighted by molar-refractivity contribution is 7.90. The molecular weight excluding hydrogens is 256 g/mol. The normalized spacial score (nSPS) is 22.9. The quantitative estimate of drug-likeness (QED) is 0.897. The second-order valence-electron chi connectivity index (χ2n) is 4.43. The molecule has 6 heteroatoms. The first kappa shape index (κ1) is 12.9. The Morgan fingerprint density at radius 3 is 2.72 bits per heavy atom. The van der Waals surface area contributed by atoms with E-state index in [0.717, 1.165) is 6.26 Å². The SMILES string of the molecule is CS(=O)(=O)C1C[C@H](CC(=O)O)Oc2ccccc21. The zero-order valence-corrected chi connectivity index (χ0v) is 10.7. The van der Waals surface area contributed by atoms with Crippen molar-refractivity contribution in [1.82, 2.24) is 0 Å². The van der Waals surface area contributed by atoms with Crippen LogP contribution in [0, 0.1) is 0 Å². The summed E-state index contributed by atoms with van der Waals surface area (Å²) in [5, 5.41) is 8.09. The Hall–Kier alpha value is -1.56. The summed E-state index contributed by atoms with van der Waals surface area (Å²) in [4.78, 5) is 10.7. The molecule has 1 aliphatic heterocycles. The van der Waals surface area contributed by atoms with Gasteiger partial charge in [0.1, 0.15) is 11.9 Å². The number of ether oxygens (including phenoxy) is 1. The lowest BCUT2D eigenvalue weighted by atomic mass is 10.00. The van der Waals surface area contributed by atoms with Crippen LogP contribution in [0.4, 0.5) is 0 Å². The monoisotopic (exact) mass is 270 g/mol. The molecule has 5 nitrogen and oxygen atoms in total. The molecule has 0 aliphatic carbocycles. The van der Waals surface area contributed by atoms with Crippen molar-refractivity contribution >= 4 is 15.8 Å². The zero-order valence-electron chi connectivity index (χ0n) is 9.87. The van der Waals surface area contributed by atoms with Crippen molar-refractivity contribution in [2.24, 2.45) is 0 Å². The van der Waals surface area contributed by atoms with Crippen molar-refractivity contribution in [3.05, 3.63) is 29.8 Å². The van der Waals surface area contributed by atoms with E-state index in [0.29, 0.717) is 11.3 Å². The number of aliphatic carboxylic acids is 1. The van der Waals surface area contributed by atoms with E-state index in [-0.39, 0.29) is 12.8 Å². The lowest BCUT2D eigenvalue weighted by molar-refractivity contribution is -0.139. The van der Waals surface area contributed by atoms with Crippen LogP contribution in [-0.2, 0) is 14.6 Å². The van der Waals surface area contributed by atoms with Gasteiger partial charge in [0.25, 0.3) is 0 Å². The number of carboxylic acids is 1. The molecule has 1 aromatic rings. The van der Waals surface area contributed by atoms with Crippen molar-refractivity contribution in [2.45, 2.75) is 24.2 Å². The zero-order chi connectivity index (χ0) is 13.3. The molecule has 98 valence electrons. The van der Waals surface area contributed by atoms with Gasteiger partial charge in [-0.25, -0.2) is 8.42 Å². The minimum Gasteiger partial charge on any atom is -0.489 e. The van der Waals surface area contributed by atoms with E-state index in [4.69, 9.17) is 9.84 Å². The number of sulfone groups is 1. The highest BCUT2D eigenvalue weighted by Crippen LogP contribution is 2.39. The standard InChI is InChI=1S/C12H14O5S/c1-18(15,16)11-6-8(7-12(13)14)17-10-5-3-2-4-9(10)11/h2-5,8,11H,6-7H2,1H3,(H,13,14)/t8-,11?/m1/s1. The van der Waals surface area contributed by atoms with Crippen LogP contribution >= 0.6 is 0 Å². The average Bonchev–Trinajstić information content (AvgIpc) is 2.25. The molecule has 1 aromatic carbocycles. The first-order valence-corrected chi connectivity index (χ1v) is 7.49. The predicted molar refractivity (Wildman–Crippen MR) is 65.3 cm³/mol. The number of benzene rings is 1. The van der Waals surface area contributed by atoms with E-state index in [2.05, 4.69) is 0 Å². The van der Waals surface area contributed by atoms with Crippen molar-refractivity contribution in [3.8, 4) is 5.75 Å². The van der Waals surface area contributed by atoms with Crippen LogP contribution in [0.25, 0.3) is 0 Å². The Bertz CT molecular complexity index is 564. The number of hydrogen-bond donors (Lipinski definition) is 1. The molecule has 0 spiro atoms. The van der Waals surface area contributed by atoms with Gasteiger partial charge in [-0.1, -0.05) is 18.2 Å². The van der Waals surface area contributed by atoms with Gasteiger partial charge in [0, 0.05) is 18.2 Å². The average molecular weight is 270 g/mol. The van der Waals surface area contributed by atoms with Gasteiger partial charge in [-0.3, -0.25) is 4.79 Å². The summed E-state index contributed by atoms with van der Waals surface area (Å²) in [5.41, 5.74) is 0.613. The maximum atomic E-state index is 11.8. The van der Waals surface area contributed by atoms with Gasteiger partial charge >= 0.3 is 5.97 Å². The van der Waals surface area contributed by atoms with Crippen molar-refractivity contribution in [1.29, 1.82) is 0 Å². The highest BCUT2D eigenvalue weighted by Gasteiger charge is 2.35. The van der Waals surface area contributed by atoms with Gasteiger partial charge in [-0.05, 0) is 6.07 Å². The summed E-state index contributed by atoms with van der Waals surface area (Å²) in [5.74, 6) is -0.531. The van der Waals surface area contributed by atoms with Gasteiger partial charge in [0.2, 0.25) is 0 Å². The summed E-state index contributed by atoms with van der Waals surface area (Å²) >= 11 is 0. The molecule has 0 saturated heterocycles. The summed E-state index contributed by atoms with van der Waals surface area (Å²) < 4.78 is 29.1. The van der Waals surface area contributed by atoms with Crippen LogP contribution in [0.2, 0.25) is 0 Å². The minimum atomic E-state index is -3.28. The van der Waals surface area contributed by atoms with E-state index in [9.17, 15) is 13.2 Å². The first-order valence-electron chi connectivity index (χ1n) is 5.54. The lowest BCUT2D eigenvalue weighted by Gasteiger charge is -2.30. The summed E-state index contributed by atoms with van der Waals surface area (Å²) in [6.45, 7) is 0. The van der Waals surface area contributed by atoms with E-state index in [1.807, 2.05) is 0 Å². The number of carbonyl (C=O) groups is 1. The summed E-state index contributed by atoms with van der Waals surface area (Å²) in [6.07, 6.45) is 0.553. The third-order valence-corrected chi connectivity index (χ3v) is 4.44. The van der Waals surface area contributed by atoms with Crippen LogP contribution in [0.3, 0.4) is 0 Å². The number of carboxylic acid groups (broad SMARTS) is 1. The van der Waals surface area contributed by atoms with Gasteiger partial charge in [0.05, 0.1) is 11.7 Å². The molecule has 1 N–H and O–H groups in total. The van der Waals surface area contributed by atoms with Crippen molar-refractivity contribution < 1.29 is 23.1 Å². The van der Waals surface area contributed by atoms with Crippen molar-refractivity contribution in [2.75, 3.05) is 6.26 Å². The third-order valence-electron chi connectivity index (χ3n) is 2.96. The Labute approximate surface area is 105 Å². The second-order valence-corrected chi connectivity index (χ2v) is 6.66. The van der Waals surface area contributed by atoms with Crippen LogP contribution < -0.4 is 4.74 Å². The summed E-state index contributed by atoms with van der Waals surface area (Å²) in [6, 6.07) is 6.86. The molecule has 0 bridgehead atoms. The lowest BCUT2D eigenvalue weighted by Crippen LogP contribution is -2.30. The van der Waals surface area contributed by atoms with Crippen molar-refractivity contribution in [3.63, 3.8) is 0 Å². The molecule has 0 amide bonds. The molecule has 1 aliphatic rings. The highest BCUT2D eigenvalue weighted by atomic mass is 32.2. The number of hydrogen-bond acceptors (Lipinski definition) is 4. The molecule has 0 aromatic heterocycles. The van der Waals surface area contributed by atoms with E-state index < -0.39 is 27.2 Å². The Kier molecular flexibility index (Phi) is 3.30. The fraction of sp³-hybridized carbons (Fsp3) is 0.417. The van der Waals surface area contributed by atoms with E-state index >= 15 is 0 Å². The molecule has 0 fully saturated rings. The minimum absolute atomic E-state index is 0.183. The molecule has 0 radical (unpaired) electrons. The Balaban J connectivity index is 2.38. The Morgan fingerprint density at radius 1 is 1.44 bits per heavy atom. The molecule has 18 heavy (non-hydrogen) atoms. The predicted octanol–water partition coefficient (Wildman–Crippen LogP) is 1.40. The molecule has 0 saturated carbocycles. The van der Waals surface area contributed by atoms with Gasteiger partial charge < -0.3 is 9.84 Å². The molecule has 1 unspecified atom stereocenters. The second kappa shape index (κ2) is 4.61. The molecule has 2 atom stereocenters. The van der Waals surface area contributed by atoms with Crippen LogP contribution in [-0.4, -0.2) is 31.9 Å². The number of rotatable bonds is 3. The third kappa shape index (κ3) is 2.64. The fourth-order valence-electron chi connectivity index (χ4n) is 2.17. The maximum absolute atomic E-state index is 11.8. The van der Waals surface area contributed by atoms with E-state index in [1.54, 1.807) is 24.3 Å². The molecular formula is C12H14O5S.